The number of primary amides is 1. The summed E-state index contributed by atoms with van der Waals surface area (Å²) < 4.78 is 14.8. The van der Waals surface area contributed by atoms with Crippen LogP contribution >= 0.6 is 0 Å². The van der Waals surface area contributed by atoms with Crippen LogP contribution in [0.4, 0.5) is 4.39 Å². The number of carbonyl (C=O) groups is 1. The summed E-state index contributed by atoms with van der Waals surface area (Å²) in [7, 11) is 0. The maximum absolute atomic E-state index is 14.8. The first-order chi connectivity index (χ1) is 18.0. The molecule has 1 unspecified atom stereocenters. The topological polar surface area (TPSA) is 142 Å². The third-order valence-electron chi connectivity index (χ3n) is 7.15. The van der Waals surface area contributed by atoms with Gasteiger partial charge in [0.1, 0.15) is 5.83 Å². The van der Waals surface area contributed by atoms with Crippen molar-refractivity contribution in [3.05, 3.63) is 70.0 Å². The summed E-state index contributed by atoms with van der Waals surface area (Å²) in [5.74, 6) is -1.78. The van der Waals surface area contributed by atoms with Crippen molar-refractivity contribution >= 4 is 28.2 Å². The Morgan fingerprint density at radius 3 is 2.61 bits per heavy atom. The third-order valence-corrected chi connectivity index (χ3v) is 7.15. The number of aliphatic hydroxyl groups is 1. The van der Waals surface area contributed by atoms with E-state index in [4.69, 9.17) is 16.5 Å². The number of H-pyrrole nitrogens is 1. The Kier molecular flexibility index (Phi) is 9.27. The average Bonchev–Trinajstić information content (AvgIpc) is 3.35. The van der Waals surface area contributed by atoms with Gasteiger partial charge in [-0.1, -0.05) is 19.1 Å². The smallest absolute Gasteiger partial charge is 0.226 e. The van der Waals surface area contributed by atoms with Crippen LogP contribution in [0.3, 0.4) is 0 Å². The van der Waals surface area contributed by atoms with Gasteiger partial charge in [0.2, 0.25) is 5.91 Å². The molecule has 1 atom stereocenters. The summed E-state index contributed by atoms with van der Waals surface area (Å²) in [6.07, 6.45) is 6.15. The van der Waals surface area contributed by atoms with Crippen LogP contribution in [0.15, 0.2) is 63.8 Å². The monoisotopic (exact) mass is 522 g/mol. The molecule has 1 aromatic heterocycles. The van der Waals surface area contributed by atoms with E-state index in [2.05, 4.69) is 15.5 Å². The highest BCUT2D eigenvalue weighted by atomic mass is 19.1. The first-order valence-electron chi connectivity index (χ1n) is 12.9. The number of allylic oxidation sites excluding steroid dienone is 5. The Bertz CT molecular complexity index is 1360. The van der Waals surface area contributed by atoms with Gasteiger partial charge in [-0.05, 0) is 77.2 Å². The summed E-state index contributed by atoms with van der Waals surface area (Å²) in [5.41, 5.74) is 18.1. The van der Waals surface area contributed by atoms with Gasteiger partial charge in [-0.3, -0.25) is 14.9 Å². The lowest BCUT2D eigenvalue weighted by Gasteiger charge is -2.35. The summed E-state index contributed by atoms with van der Waals surface area (Å²) in [6, 6.07) is 3.91. The lowest BCUT2D eigenvalue weighted by molar-refractivity contribution is -0.120. The van der Waals surface area contributed by atoms with Gasteiger partial charge in [0, 0.05) is 39.7 Å². The van der Waals surface area contributed by atoms with Crippen LogP contribution in [0.5, 0.6) is 0 Å². The minimum Gasteiger partial charge on any atom is -0.400 e. The number of fused-ring (bicyclic) bond motifs is 1. The largest absolute Gasteiger partial charge is 0.400 e. The molecule has 0 aliphatic heterocycles. The Morgan fingerprint density at radius 1 is 1.34 bits per heavy atom. The third kappa shape index (κ3) is 6.22. The molecule has 0 bridgehead atoms. The molecule has 1 aromatic carbocycles. The first-order valence-corrected chi connectivity index (χ1v) is 12.9. The van der Waals surface area contributed by atoms with Gasteiger partial charge in [-0.25, -0.2) is 4.39 Å². The van der Waals surface area contributed by atoms with Gasteiger partial charge in [0.15, 0.2) is 0 Å². The second-order valence-corrected chi connectivity index (χ2v) is 9.92. The number of benzene rings is 1. The van der Waals surface area contributed by atoms with Crippen LogP contribution in [0, 0.1) is 12.8 Å². The van der Waals surface area contributed by atoms with E-state index in [1.54, 1.807) is 27.0 Å². The van der Waals surface area contributed by atoms with Crippen molar-refractivity contribution in [1.29, 1.82) is 0 Å². The van der Waals surface area contributed by atoms with E-state index in [9.17, 15) is 14.3 Å². The molecule has 0 radical (unpaired) electrons. The minimum absolute atomic E-state index is 0.0725. The molecular formula is C29H39FN6O2. The SMILES string of the molecule is C\C=C(F)/C=C(C(\NC1CC(O)C1)=C(/C)CC)/C(C)=N/C(=C(/N)C(C)C(N)=O)c1c(C)ccc2[nH]ncc12. The predicted octanol–water partition coefficient (Wildman–Crippen LogP) is 4.68. The van der Waals surface area contributed by atoms with Crippen LogP contribution in [0.25, 0.3) is 16.6 Å². The Balaban J connectivity index is 2.28. The molecule has 1 aliphatic carbocycles. The molecule has 0 spiro atoms. The number of hydrogen-bond donors (Lipinski definition) is 5. The van der Waals surface area contributed by atoms with E-state index in [1.165, 1.54) is 12.2 Å². The normalized spacial score (nSPS) is 21.0. The highest BCUT2D eigenvalue weighted by molar-refractivity contribution is 6.07. The molecular weight excluding hydrogens is 483 g/mol. The van der Waals surface area contributed by atoms with Gasteiger partial charge in [0.05, 0.1) is 29.4 Å². The van der Waals surface area contributed by atoms with E-state index in [-0.39, 0.29) is 17.8 Å². The number of rotatable bonds is 10. The Morgan fingerprint density at radius 2 is 2.03 bits per heavy atom. The van der Waals surface area contributed by atoms with Crippen LogP contribution < -0.4 is 16.8 Å². The van der Waals surface area contributed by atoms with Crippen molar-refractivity contribution in [2.45, 2.75) is 73.0 Å². The summed E-state index contributed by atoms with van der Waals surface area (Å²) >= 11 is 0. The standard InChI is InChI=1S/C29H39FN6O2/c1-7-15(3)27(35-20-12-21(37)13-20)22(11-19(30)8-2)18(6)34-28(26(31)17(5)29(32)38)25-16(4)9-10-24-23(25)14-33-36-24/h8-11,14,17,20-21,35,37H,7,12-13,31H2,1-6H3,(H2,32,38)(H,33,36)/b19-8+,22-11-,27-15-,28-26+,34-18+. The van der Waals surface area contributed by atoms with Crippen molar-refractivity contribution in [1.82, 2.24) is 15.5 Å². The number of nitrogens with zero attached hydrogens (tertiary/aromatic N) is 2. The highest BCUT2D eigenvalue weighted by Crippen LogP contribution is 2.33. The molecule has 7 N–H and O–H groups in total. The number of aromatic amines is 1. The molecule has 3 rings (SSSR count). The minimum atomic E-state index is -0.787. The molecule has 1 aliphatic rings. The van der Waals surface area contributed by atoms with E-state index in [0.29, 0.717) is 29.8 Å². The van der Waals surface area contributed by atoms with Gasteiger partial charge in [0.25, 0.3) is 0 Å². The summed E-state index contributed by atoms with van der Waals surface area (Å²) in [6.45, 7) is 11.0. The number of nitrogens with one attached hydrogen (secondary N) is 2. The molecule has 0 saturated heterocycles. The molecule has 1 fully saturated rings. The first kappa shape index (κ1) is 28.8. The number of carbonyl (C=O) groups excluding carboxylic acids is 1. The second-order valence-electron chi connectivity index (χ2n) is 9.92. The molecule has 1 saturated carbocycles. The predicted molar refractivity (Wildman–Crippen MR) is 152 cm³/mol. The van der Waals surface area contributed by atoms with E-state index in [0.717, 1.165) is 39.7 Å². The number of nitrogens with two attached hydrogens (primary N) is 2. The highest BCUT2D eigenvalue weighted by Gasteiger charge is 2.29. The summed E-state index contributed by atoms with van der Waals surface area (Å²) in [4.78, 5) is 17.1. The zero-order valence-electron chi connectivity index (χ0n) is 23.0. The average molecular weight is 523 g/mol. The number of aryl methyl sites for hydroxylation is 1. The fourth-order valence-electron chi connectivity index (χ4n) is 4.39. The zero-order valence-corrected chi connectivity index (χ0v) is 23.0. The number of aromatic nitrogens is 2. The van der Waals surface area contributed by atoms with Gasteiger partial charge < -0.3 is 21.9 Å². The second kappa shape index (κ2) is 12.2. The van der Waals surface area contributed by atoms with Crippen LogP contribution in [-0.2, 0) is 4.79 Å². The fraction of sp³-hybridized carbons (Fsp3) is 0.414. The Labute approximate surface area is 223 Å². The molecule has 2 aromatic rings. The van der Waals surface area contributed by atoms with Crippen molar-refractivity contribution in [2.75, 3.05) is 0 Å². The molecule has 38 heavy (non-hydrogen) atoms. The van der Waals surface area contributed by atoms with E-state index < -0.39 is 17.7 Å². The van der Waals surface area contributed by atoms with Crippen molar-refractivity contribution in [2.24, 2.45) is 22.4 Å². The zero-order chi connectivity index (χ0) is 28.1. The molecule has 204 valence electrons. The van der Waals surface area contributed by atoms with Crippen molar-refractivity contribution < 1.29 is 14.3 Å². The van der Waals surface area contributed by atoms with Crippen LogP contribution in [0.2, 0.25) is 0 Å². The molecule has 1 heterocycles. The fourth-order valence-corrected chi connectivity index (χ4v) is 4.39. The lowest BCUT2D eigenvalue weighted by Crippen LogP contribution is -2.44. The maximum Gasteiger partial charge on any atom is 0.226 e. The molecule has 9 heteroatoms. The van der Waals surface area contributed by atoms with Gasteiger partial charge in [-0.15, -0.1) is 0 Å². The summed E-state index contributed by atoms with van der Waals surface area (Å²) in [5, 5.41) is 21.3. The molecule has 1 amide bonds. The van der Waals surface area contributed by atoms with Gasteiger partial charge >= 0.3 is 0 Å². The van der Waals surface area contributed by atoms with E-state index >= 15 is 0 Å². The van der Waals surface area contributed by atoms with Crippen LogP contribution in [-0.4, -0.2) is 39.1 Å². The van der Waals surface area contributed by atoms with Gasteiger partial charge in [-0.2, -0.15) is 5.10 Å². The Hall–Kier alpha value is -3.72. The lowest BCUT2D eigenvalue weighted by atomic mass is 9.88. The number of amides is 1. The molecule has 8 nitrogen and oxygen atoms in total. The number of hydrogen-bond acceptors (Lipinski definition) is 6. The number of halogens is 1. The number of aliphatic hydroxyl groups excluding tert-OH is 1. The van der Waals surface area contributed by atoms with Crippen molar-refractivity contribution in [3.8, 4) is 0 Å². The van der Waals surface area contributed by atoms with Crippen molar-refractivity contribution in [3.63, 3.8) is 0 Å². The quantitative estimate of drug-likeness (QED) is 0.227. The maximum atomic E-state index is 14.8. The van der Waals surface area contributed by atoms with Crippen LogP contribution in [0.1, 0.15) is 65.0 Å². The number of aliphatic imine (C=N–C) groups is 1. The van der Waals surface area contributed by atoms with E-state index in [1.807, 2.05) is 32.9 Å².